The maximum Gasteiger partial charge on any atom is 0.119 e. The van der Waals surface area contributed by atoms with Crippen molar-refractivity contribution < 1.29 is 4.74 Å². The topological polar surface area (TPSA) is 21.3 Å². The normalized spacial score (nSPS) is 12.2. The number of methoxy groups -OCH3 is 1. The van der Waals surface area contributed by atoms with Gasteiger partial charge in [-0.15, -0.1) is 0 Å². The average molecular weight is 320 g/mol. The molecule has 0 aliphatic heterocycles. The van der Waals surface area contributed by atoms with E-state index >= 15 is 0 Å². The van der Waals surface area contributed by atoms with E-state index in [1.807, 2.05) is 12.1 Å². The molecule has 1 atom stereocenters. The summed E-state index contributed by atoms with van der Waals surface area (Å²) < 4.78 is 6.33. The Morgan fingerprint density at radius 1 is 1.16 bits per heavy atom. The maximum absolute atomic E-state index is 5.23. The third-order valence-electron chi connectivity index (χ3n) is 3.12. The van der Waals surface area contributed by atoms with E-state index in [0.29, 0.717) is 6.04 Å². The molecule has 0 aliphatic rings. The van der Waals surface area contributed by atoms with Crippen molar-refractivity contribution >= 4 is 15.9 Å². The Bertz CT molecular complexity index is 525. The molecule has 0 saturated carbocycles. The van der Waals surface area contributed by atoms with Crippen LogP contribution in [0.5, 0.6) is 5.75 Å². The number of benzene rings is 2. The van der Waals surface area contributed by atoms with E-state index in [1.165, 1.54) is 11.1 Å². The largest absolute Gasteiger partial charge is 0.497 e. The number of hydrogen-bond donors (Lipinski definition) is 1. The summed E-state index contributed by atoms with van der Waals surface area (Å²) in [6.45, 7) is 3.00. The third-order valence-corrected chi connectivity index (χ3v) is 3.65. The molecule has 100 valence electrons. The van der Waals surface area contributed by atoms with E-state index in [-0.39, 0.29) is 0 Å². The monoisotopic (exact) mass is 319 g/mol. The Balaban J connectivity index is 1.96. The summed E-state index contributed by atoms with van der Waals surface area (Å²) >= 11 is 3.45. The highest BCUT2D eigenvalue weighted by Crippen LogP contribution is 2.18. The summed E-state index contributed by atoms with van der Waals surface area (Å²) in [4.78, 5) is 0. The van der Waals surface area contributed by atoms with Crippen LogP contribution in [0.3, 0.4) is 0 Å². The molecule has 19 heavy (non-hydrogen) atoms. The Labute approximate surface area is 122 Å². The van der Waals surface area contributed by atoms with Crippen LogP contribution in [0.4, 0.5) is 0 Å². The number of nitrogens with one attached hydrogen (secondary N) is 1. The first-order chi connectivity index (χ1) is 9.19. The van der Waals surface area contributed by atoms with Gasteiger partial charge in [0.15, 0.2) is 0 Å². The highest BCUT2D eigenvalue weighted by Gasteiger charge is 2.04. The van der Waals surface area contributed by atoms with Gasteiger partial charge in [-0.1, -0.05) is 40.2 Å². The summed E-state index contributed by atoms with van der Waals surface area (Å²) in [5.41, 5.74) is 2.51. The fourth-order valence-electron chi connectivity index (χ4n) is 1.92. The molecule has 2 aromatic carbocycles. The van der Waals surface area contributed by atoms with Gasteiger partial charge in [-0.2, -0.15) is 0 Å². The highest BCUT2D eigenvalue weighted by molar-refractivity contribution is 9.10. The zero-order chi connectivity index (χ0) is 13.7. The van der Waals surface area contributed by atoms with Gasteiger partial charge >= 0.3 is 0 Å². The first-order valence-electron chi connectivity index (χ1n) is 6.31. The molecule has 0 aliphatic carbocycles. The van der Waals surface area contributed by atoms with Gasteiger partial charge in [0.25, 0.3) is 0 Å². The van der Waals surface area contributed by atoms with Gasteiger partial charge in [-0.25, -0.2) is 0 Å². The summed E-state index contributed by atoms with van der Waals surface area (Å²) in [5, 5.41) is 3.52. The van der Waals surface area contributed by atoms with Crippen LogP contribution in [0, 0.1) is 0 Å². The van der Waals surface area contributed by atoms with Gasteiger partial charge in [-0.05, 0) is 42.3 Å². The Morgan fingerprint density at radius 3 is 2.58 bits per heavy atom. The molecule has 2 nitrogen and oxygen atoms in total. The van der Waals surface area contributed by atoms with Crippen molar-refractivity contribution in [2.45, 2.75) is 19.5 Å². The van der Waals surface area contributed by atoms with E-state index in [0.717, 1.165) is 16.8 Å². The van der Waals surface area contributed by atoms with E-state index in [1.54, 1.807) is 7.11 Å². The smallest absolute Gasteiger partial charge is 0.119 e. The minimum absolute atomic E-state index is 0.319. The van der Waals surface area contributed by atoms with Crippen molar-refractivity contribution in [2.75, 3.05) is 7.11 Å². The summed E-state index contributed by atoms with van der Waals surface area (Å²) in [6, 6.07) is 16.9. The second-order valence-corrected chi connectivity index (χ2v) is 5.42. The second kappa shape index (κ2) is 6.73. The highest BCUT2D eigenvalue weighted by atomic mass is 79.9. The fraction of sp³-hybridized carbons (Fsp3) is 0.250. The minimum Gasteiger partial charge on any atom is -0.497 e. The van der Waals surface area contributed by atoms with Crippen LogP contribution in [-0.4, -0.2) is 7.11 Å². The Kier molecular flexibility index (Phi) is 5.00. The molecular formula is C16H18BrNO. The van der Waals surface area contributed by atoms with Gasteiger partial charge in [0.2, 0.25) is 0 Å². The molecule has 0 amide bonds. The first-order valence-corrected chi connectivity index (χ1v) is 7.10. The van der Waals surface area contributed by atoms with Crippen molar-refractivity contribution in [3.8, 4) is 5.75 Å². The molecule has 0 radical (unpaired) electrons. The molecule has 0 fully saturated rings. The second-order valence-electron chi connectivity index (χ2n) is 4.51. The lowest BCUT2D eigenvalue weighted by molar-refractivity contribution is 0.414. The summed E-state index contributed by atoms with van der Waals surface area (Å²) in [6.07, 6.45) is 0. The van der Waals surface area contributed by atoms with Crippen molar-refractivity contribution in [1.82, 2.24) is 5.32 Å². The van der Waals surface area contributed by atoms with Gasteiger partial charge in [0, 0.05) is 17.1 Å². The number of hydrogen-bond acceptors (Lipinski definition) is 2. The summed E-state index contributed by atoms with van der Waals surface area (Å²) in [7, 11) is 1.69. The number of ether oxygens (including phenoxy) is 1. The predicted molar refractivity (Wildman–Crippen MR) is 82.4 cm³/mol. The van der Waals surface area contributed by atoms with Crippen LogP contribution in [0.1, 0.15) is 24.1 Å². The zero-order valence-corrected chi connectivity index (χ0v) is 12.8. The lowest BCUT2D eigenvalue weighted by atomic mass is 10.1. The van der Waals surface area contributed by atoms with Gasteiger partial charge in [0.05, 0.1) is 7.11 Å². The van der Waals surface area contributed by atoms with Crippen LogP contribution >= 0.6 is 15.9 Å². The van der Waals surface area contributed by atoms with E-state index in [4.69, 9.17) is 4.74 Å². The molecular weight excluding hydrogens is 302 g/mol. The van der Waals surface area contributed by atoms with Crippen molar-refractivity contribution in [1.29, 1.82) is 0 Å². The zero-order valence-electron chi connectivity index (χ0n) is 11.2. The van der Waals surface area contributed by atoms with Crippen molar-refractivity contribution in [3.63, 3.8) is 0 Å². The Hall–Kier alpha value is -1.32. The van der Waals surface area contributed by atoms with Crippen LogP contribution in [0.25, 0.3) is 0 Å². The quantitative estimate of drug-likeness (QED) is 0.886. The predicted octanol–water partition coefficient (Wildman–Crippen LogP) is 4.31. The van der Waals surface area contributed by atoms with Crippen LogP contribution in [0.2, 0.25) is 0 Å². The molecule has 0 unspecified atom stereocenters. The number of rotatable bonds is 5. The third kappa shape index (κ3) is 4.08. The molecule has 0 aromatic heterocycles. The molecule has 1 N–H and O–H groups in total. The molecule has 2 aromatic rings. The average Bonchev–Trinajstić information content (AvgIpc) is 2.46. The molecule has 0 bridgehead atoms. The minimum atomic E-state index is 0.319. The van der Waals surface area contributed by atoms with Crippen LogP contribution in [0.15, 0.2) is 53.0 Å². The molecule has 0 spiro atoms. The Morgan fingerprint density at radius 2 is 1.89 bits per heavy atom. The van der Waals surface area contributed by atoms with E-state index < -0.39 is 0 Å². The van der Waals surface area contributed by atoms with Crippen LogP contribution < -0.4 is 10.1 Å². The maximum atomic E-state index is 5.23. The van der Waals surface area contributed by atoms with Crippen LogP contribution in [-0.2, 0) is 6.54 Å². The lowest BCUT2D eigenvalue weighted by Crippen LogP contribution is -2.17. The van der Waals surface area contributed by atoms with Crippen molar-refractivity contribution in [2.24, 2.45) is 0 Å². The standard InChI is InChI=1S/C16H18BrNO/c1-12(14-6-8-15(17)9-7-14)18-11-13-4-3-5-16(10-13)19-2/h3-10,12,18H,11H2,1-2H3/t12-/m1/s1. The fourth-order valence-corrected chi connectivity index (χ4v) is 2.19. The first kappa shape index (κ1) is 14.1. The van der Waals surface area contributed by atoms with Gasteiger partial charge in [-0.3, -0.25) is 0 Å². The van der Waals surface area contributed by atoms with E-state index in [2.05, 4.69) is 64.6 Å². The summed E-state index contributed by atoms with van der Waals surface area (Å²) in [5.74, 6) is 0.899. The van der Waals surface area contributed by atoms with Crippen molar-refractivity contribution in [3.05, 3.63) is 64.1 Å². The van der Waals surface area contributed by atoms with E-state index in [9.17, 15) is 0 Å². The molecule has 0 saturated heterocycles. The molecule has 3 heteroatoms. The van der Waals surface area contributed by atoms with Gasteiger partial charge in [0.1, 0.15) is 5.75 Å². The lowest BCUT2D eigenvalue weighted by Gasteiger charge is -2.14. The van der Waals surface area contributed by atoms with Gasteiger partial charge < -0.3 is 10.1 Å². The molecule has 2 rings (SSSR count). The molecule has 0 heterocycles. The SMILES string of the molecule is COc1cccc(CN[C@H](C)c2ccc(Br)cc2)c1. The number of halogens is 1.